The summed E-state index contributed by atoms with van der Waals surface area (Å²) in [6.45, 7) is 4.47. The van der Waals surface area contributed by atoms with Crippen LogP contribution in [0.2, 0.25) is 11.1 Å². The van der Waals surface area contributed by atoms with E-state index in [1.54, 1.807) is 28.4 Å². The number of hydrogen-bond donors (Lipinski definition) is 2. The lowest BCUT2D eigenvalue weighted by atomic mass is 10.1. The molecular formula is C17H38NO6Si2. The van der Waals surface area contributed by atoms with Crippen molar-refractivity contribution in [2.75, 3.05) is 35.0 Å². The first kappa shape index (κ1) is 25.5. The third-order valence-corrected chi connectivity index (χ3v) is 9.49. The molecule has 0 aromatic carbocycles. The van der Waals surface area contributed by atoms with E-state index in [9.17, 15) is 4.79 Å². The summed E-state index contributed by atoms with van der Waals surface area (Å²) in [5.74, 6) is 0. The van der Waals surface area contributed by atoms with Crippen LogP contribution >= 0.6 is 0 Å². The second-order valence-corrected chi connectivity index (χ2v) is 11.7. The van der Waals surface area contributed by atoms with Crippen molar-refractivity contribution in [1.29, 1.82) is 0 Å². The normalized spacial score (nSPS) is 14.0. The Balaban J connectivity index is 4.11. The van der Waals surface area contributed by atoms with Gasteiger partial charge in [0.1, 0.15) is 0 Å². The van der Waals surface area contributed by atoms with Crippen molar-refractivity contribution in [2.24, 2.45) is 0 Å². The Labute approximate surface area is 162 Å². The smallest absolute Gasteiger partial charge is 0.404 e. The van der Waals surface area contributed by atoms with Crippen molar-refractivity contribution in [3.05, 3.63) is 6.92 Å². The highest BCUT2D eigenvalue weighted by molar-refractivity contribution is 6.46. The summed E-state index contributed by atoms with van der Waals surface area (Å²) in [5.41, 5.74) is 0.793. The molecule has 0 aliphatic carbocycles. The highest BCUT2D eigenvalue weighted by atomic mass is 28.3. The van der Waals surface area contributed by atoms with Gasteiger partial charge >= 0.3 is 24.7 Å². The molecule has 1 radical (unpaired) electrons. The number of unbranched alkanes of at least 4 members (excludes halogenated alkanes) is 3. The average Bonchev–Trinajstić information content (AvgIpc) is 2.63. The molecule has 2 atom stereocenters. The quantitative estimate of drug-likeness (QED) is 0.284. The van der Waals surface area contributed by atoms with E-state index in [0.717, 1.165) is 44.9 Å². The third kappa shape index (κ3) is 11.3. The van der Waals surface area contributed by atoms with E-state index >= 15 is 0 Å². The number of carbonyl (C=O) groups is 1. The van der Waals surface area contributed by atoms with Gasteiger partial charge in [0.15, 0.2) is 0 Å². The molecule has 0 heterocycles. The van der Waals surface area contributed by atoms with Crippen molar-refractivity contribution < 1.29 is 27.6 Å². The number of carboxylic acid groups (broad SMARTS) is 1. The van der Waals surface area contributed by atoms with Crippen LogP contribution in [0.15, 0.2) is 0 Å². The van der Waals surface area contributed by atoms with Gasteiger partial charge in [0.2, 0.25) is 0 Å². The van der Waals surface area contributed by atoms with Crippen LogP contribution < -0.4 is 5.32 Å². The van der Waals surface area contributed by atoms with E-state index in [1.165, 1.54) is 6.42 Å². The maximum atomic E-state index is 10.6. The highest BCUT2D eigenvalue weighted by Crippen LogP contribution is 2.26. The summed E-state index contributed by atoms with van der Waals surface area (Å²) in [7, 11) is 3.52. The first-order valence-electron chi connectivity index (χ1n) is 9.41. The van der Waals surface area contributed by atoms with Gasteiger partial charge in [0.25, 0.3) is 0 Å². The lowest BCUT2D eigenvalue weighted by Gasteiger charge is -2.23. The Hall–Kier alpha value is -0.456. The summed E-state index contributed by atoms with van der Waals surface area (Å²) in [6, 6.07) is 0. The standard InChI is InChI=1S/C17H38NO6Si2/c1-6-15(25(21-2)22-3)11-9-7-8-10-12-16(26(23-4)24-5)13-14-18-17(19)20/h15-16,18,25-26H,1,6-14H2,2-5H3,(H,19,20). The molecule has 0 aromatic heterocycles. The van der Waals surface area contributed by atoms with Gasteiger partial charge in [-0.15, -0.1) is 0 Å². The maximum absolute atomic E-state index is 10.6. The fourth-order valence-corrected chi connectivity index (χ4v) is 6.98. The largest absolute Gasteiger partial charge is 0.465 e. The zero-order chi connectivity index (χ0) is 19.8. The van der Waals surface area contributed by atoms with Gasteiger partial charge < -0.3 is 28.1 Å². The summed E-state index contributed by atoms with van der Waals surface area (Å²) in [6.07, 6.45) is 7.40. The van der Waals surface area contributed by atoms with Crippen LogP contribution in [0.25, 0.3) is 0 Å². The molecule has 0 aliphatic heterocycles. The summed E-state index contributed by atoms with van der Waals surface area (Å²) >= 11 is 0. The molecular weight excluding hydrogens is 370 g/mol. The van der Waals surface area contributed by atoms with Gasteiger partial charge in [0, 0.05) is 40.5 Å². The lowest BCUT2D eigenvalue weighted by Crippen LogP contribution is -2.30. The van der Waals surface area contributed by atoms with Crippen LogP contribution in [0.1, 0.15) is 51.4 Å². The molecule has 7 nitrogen and oxygen atoms in total. The Bertz CT molecular complexity index is 343. The van der Waals surface area contributed by atoms with Gasteiger partial charge in [-0.3, -0.25) is 0 Å². The van der Waals surface area contributed by atoms with Crippen LogP contribution in [-0.2, 0) is 17.7 Å². The second-order valence-electron chi connectivity index (χ2n) is 6.50. The van der Waals surface area contributed by atoms with Crippen molar-refractivity contribution in [1.82, 2.24) is 5.32 Å². The average molecular weight is 409 g/mol. The van der Waals surface area contributed by atoms with Crippen LogP contribution in [0.4, 0.5) is 4.79 Å². The Morgan fingerprint density at radius 1 is 0.885 bits per heavy atom. The monoisotopic (exact) mass is 408 g/mol. The van der Waals surface area contributed by atoms with Crippen molar-refractivity contribution in [3.8, 4) is 0 Å². The molecule has 26 heavy (non-hydrogen) atoms. The van der Waals surface area contributed by atoms with Crippen LogP contribution in [0.3, 0.4) is 0 Å². The summed E-state index contributed by atoms with van der Waals surface area (Å²) in [5, 5.41) is 11.1. The van der Waals surface area contributed by atoms with Crippen LogP contribution in [-0.4, -0.2) is 64.8 Å². The van der Waals surface area contributed by atoms with Gasteiger partial charge in [0.05, 0.1) is 0 Å². The zero-order valence-electron chi connectivity index (χ0n) is 16.9. The van der Waals surface area contributed by atoms with E-state index in [0.29, 0.717) is 17.6 Å². The Morgan fingerprint density at radius 2 is 1.35 bits per heavy atom. The first-order chi connectivity index (χ1) is 12.5. The lowest BCUT2D eigenvalue weighted by molar-refractivity contribution is 0.193. The molecule has 0 saturated carbocycles. The minimum atomic E-state index is -1.74. The van der Waals surface area contributed by atoms with Gasteiger partial charge in [-0.25, -0.2) is 4.79 Å². The van der Waals surface area contributed by atoms with E-state index < -0.39 is 24.7 Å². The van der Waals surface area contributed by atoms with Gasteiger partial charge in [-0.05, 0) is 31.2 Å². The highest BCUT2D eigenvalue weighted by Gasteiger charge is 2.24. The second kappa shape index (κ2) is 16.7. The van der Waals surface area contributed by atoms with E-state index in [-0.39, 0.29) is 0 Å². The van der Waals surface area contributed by atoms with Gasteiger partial charge in [-0.1, -0.05) is 32.6 Å². The minimum absolute atomic E-state index is 0.322. The van der Waals surface area contributed by atoms with E-state index in [1.807, 2.05) is 0 Å². The molecule has 2 N–H and O–H groups in total. The number of hydrogen-bond acceptors (Lipinski definition) is 5. The first-order valence-corrected chi connectivity index (χ1v) is 12.6. The Kier molecular flexibility index (Phi) is 16.4. The van der Waals surface area contributed by atoms with E-state index in [2.05, 4.69) is 12.2 Å². The number of amides is 1. The molecule has 1 amide bonds. The molecule has 0 aliphatic rings. The fraction of sp³-hybridized carbons (Fsp3) is 0.882. The third-order valence-electron chi connectivity index (χ3n) is 4.76. The molecule has 0 spiro atoms. The number of nitrogens with one attached hydrogen (secondary N) is 1. The van der Waals surface area contributed by atoms with Crippen LogP contribution in [0, 0.1) is 6.92 Å². The SMILES string of the molecule is [CH2]CC(CCCCCCC(CCNC(=O)O)[SiH](OC)OC)[SiH](OC)OC. The summed E-state index contributed by atoms with van der Waals surface area (Å²) < 4.78 is 22.0. The molecule has 0 aromatic rings. The van der Waals surface area contributed by atoms with Crippen LogP contribution in [0.5, 0.6) is 0 Å². The fourth-order valence-electron chi connectivity index (χ4n) is 3.33. The van der Waals surface area contributed by atoms with Crippen molar-refractivity contribution >= 4 is 24.7 Å². The summed E-state index contributed by atoms with van der Waals surface area (Å²) in [4.78, 5) is 10.6. The molecule has 0 bridgehead atoms. The maximum Gasteiger partial charge on any atom is 0.404 e. The molecule has 0 saturated heterocycles. The molecule has 0 fully saturated rings. The topological polar surface area (TPSA) is 86.3 Å². The zero-order valence-corrected chi connectivity index (χ0v) is 19.2. The minimum Gasteiger partial charge on any atom is -0.465 e. The predicted octanol–water partition coefficient (Wildman–Crippen LogP) is 2.98. The van der Waals surface area contributed by atoms with E-state index in [4.69, 9.17) is 22.8 Å². The molecule has 9 heteroatoms. The Morgan fingerprint density at radius 3 is 1.77 bits per heavy atom. The van der Waals surface area contributed by atoms with Crippen molar-refractivity contribution in [2.45, 2.75) is 62.4 Å². The molecule has 0 rings (SSSR count). The number of rotatable bonds is 17. The van der Waals surface area contributed by atoms with Gasteiger partial charge in [-0.2, -0.15) is 0 Å². The molecule has 2 unspecified atom stereocenters. The molecule has 155 valence electrons. The predicted molar refractivity (Wildman–Crippen MR) is 108 cm³/mol. The van der Waals surface area contributed by atoms with Crippen molar-refractivity contribution in [3.63, 3.8) is 0 Å².